The molecular weight excluding hydrogens is 224 g/mol. The fourth-order valence-electron chi connectivity index (χ4n) is 0.990. The van der Waals surface area contributed by atoms with Gasteiger partial charge in [0.1, 0.15) is 12.5 Å². The molecule has 0 atom stereocenters. The van der Waals surface area contributed by atoms with Gasteiger partial charge in [0, 0.05) is 11.1 Å². The zero-order valence-electron chi connectivity index (χ0n) is 10.7. The average Bonchev–Trinajstić information content (AvgIpc) is 2.39. The molecule has 0 radical (unpaired) electrons. The Morgan fingerprint density at radius 1 is 1.33 bits per heavy atom. The number of ether oxygens (including phenoxy) is 1. The Bertz CT molecular complexity index is 448. The summed E-state index contributed by atoms with van der Waals surface area (Å²) in [4.78, 5) is 0. The molecule has 0 rings (SSSR count). The maximum Gasteiger partial charge on any atom is 0.139 e. The molecule has 0 saturated heterocycles. The summed E-state index contributed by atoms with van der Waals surface area (Å²) < 4.78 is 5.44. The molecule has 0 aliphatic carbocycles. The van der Waals surface area contributed by atoms with Crippen LogP contribution in [-0.4, -0.2) is 13.8 Å². The fourth-order valence-corrected chi connectivity index (χ4v) is 0.990. The van der Waals surface area contributed by atoms with Gasteiger partial charge in [0.15, 0.2) is 0 Å². The molecule has 1 N–H and O–H groups in total. The molecular formula is C15H18N2O. The maximum atomic E-state index is 8.59. The van der Waals surface area contributed by atoms with E-state index >= 15 is 0 Å². The average molecular weight is 242 g/mol. The van der Waals surface area contributed by atoms with E-state index in [1.165, 1.54) is 0 Å². The smallest absolute Gasteiger partial charge is 0.139 e. The predicted octanol–water partition coefficient (Wildman–Crippen LogP) is 3.00. The van der Waals surface area contributed by atoms with E-state index in [1.54, 1.807) is 31.4 Å². The zero-order chi connectivity index (χ0) is 14.0. The lowest BCUT2D eigenvalue weighted by Crippen LogP contribution is -2.12. The van der Waals surface area contributed by atoms with Gasteiger partial charge < -0.3 is 4.74 Å². The van der Waals surface area contributed by atoms with Crippen LogP contribution in [0, 0.1) is 11.3 Å². The van der Waals surface area contributed by atoms with Crippen molar-refractivity contribution in [2.75, 3.05) is 13.8 Å². The highest BCUT2D eigenvalue weighted by Gasteiger charge is 2.05. The SMILES string of the molecule is C=C/C=C(/OCNC)C(=C)C(=C)/C=C\C(=C)C#N. The second-order valence-electron chi connectivity index (χ2n) is 3.38. The Labute approximate surface area is 109 Å². The van der Waals surface area contributed by atoms with Crippen molar-refractivity contribution in [2.45, 2.75) is 0 Å². The Balaban J connectivity index is 4.79. The molecule has 0 aliphatic rings. The third kappa shape index (κ3) is 5.69. The first-order valence-electron chi connectivity index (χ1n) is 5.32. The van der Waals surface area contributed by atoms with Crippen molar-refractivity contribution in [3.05, 3.63) is 73.1 Å². The topological polar surface area (TPSA) is 45.0 Å². The van der Waals surface area contributed by atoms with Crippen LogP contribution in [0.2, 0.25) is 0 Å². The van der Waals surface area contributed by atoms with Crippen molar-refractivity contribution >= 4 is 0 Å². The first kappa shape index (κ1) is 15.7. The molecule has 0 aliphatic heterocycles. The Kier molecular flexibility index (Phi) is 7.67. The van der Waals surface area contributed by atoms with Gasteiger partial charge in [0.25, 0.3) is 0 Å². The monoisotopic (exact) mass is 242 g/mol. The fraction of sp³-hybridized carbons (Fsp3) is 0.133. The molecule has 3 heteroatoms. The molecule has 0 fully saturated rings. The van der Waals surface area contributed by atoms with Crippen molar-refractivity contribution < 1.29 is 4.74 Å². The second-order valence-corrected chi connectivity index (χ2v) is 3.38. The molecule has 0 bridgehead atoms. The highest BCUT2D eigenvalue weighted by Crippen LogP contribution is 2.18. The third-order valence-corrected chi connectivity index (χ3v) is 1.96. The molecule has 0 aromatic carbocycles. The minimum atomic E-state index is 0.356. The standard InChI is InChI=1S/C15H18N2O/c1-6-7-15(18-11-17-5)14(4)13(3)9-8-12(2)10-16/h6-9,17H,1-4,11H2,5H3/b9-8-,15-7+. The number of hydrogen-bond donors (Lipinski definition) is 1. The Morgan fingerprint density at radius 2 is 2.00 bits per heavy atom. The molecule has 0 amide bonds. The van der Waals surface area contributed by atoms with E-state index in [0.29, 0.717) is 29.2 Å². The number of nitrogens with one attached hydrogen (secondary N) is 1. The van der Waals surface area contributed by atoms with Crippen LogP contribution in [0.15, 0.2) is 73.1 Å². The van der Waals surface area contributed by atoms with E-state index in [2.05, 4.69) is 31.6 Å². The minimum absolute atomic E-state index is 0.356. The number of nitriles is 1. The maximum absolute atomic E-state index is 8.59. The van der Waals surface area contributed by atoms with E-state index in [-0.39, 0.29) is 0 Å². The van der Waals surface area contributed by atoms with Gasteiger partial charge in [-0.3, -0.25) is 5.32 Å². The van der Waals surface area contributed by atoms with Crippen LogP contribution >= 0.6 is 0 Å². The van der Waals surface area contributed by atoms with Crippen molar-refractivity contribution in [3.63, 3.8) is 0 Å². The first-order valence-corrected chi connectivity index (χ1v) is 5.32. The molecule has 3 nitrogen and oxygen atoms in total. The highest BCUT2D eigenvalue weighted by molar-refractivity contribution is 5.49. The van der Waals surface area contributed by atoms with Gasteiger partial charge in [0.05, 0.1) is 6.07 Å². The quantitative estimate of drug-likeness (QED) is 0.308. The number of nitrogens with zero attached hydrogens (tertiary/aromatic N) is 1. The van der Waals surface area contributed by atoms with Gasteiger partial charge >= 0.3 is 0 Å². The van der Waals surface area contributed by atoms with E-state index in [4.69, 9.17) is 10.00 Å². The van der Waals surface area contributed by atoms with E-state index in [1.807, 2.05) is 6.07 Å². The van der Waals surface area contributed by atoms with Crippen molar-refractivity contribution in [1.29, 1.82) is 5.26 Å². The lowest BCUT2D eigenvalue weighted by molar-refractivity contribution is 0.204. The van der Waals surface area contributed by atoms with Crippen LogP contribution in [0.4, 0.5) is 0 Å². The predicted molar refractivity (Wildman–Crippen MR) is 75.5 cm³/mol. The van der Waals surface area contributed by atoms with Crippen LogP contribution in [0.1, 0.15) is 0 Å². The highest BCUT2D eigenvalue weighted by atomic mass is 16.5. The van der Waals surface area contributed by atoms with Gasteiger partial charge in [-0.2, -0.15) is 5.26 Å². The summed E-state index contributed by atoms with van der Waals surface area (Å²) in [6, 6.07) is 1.92. The van der Waals surface area contributed by atoms with Crippen molar-refractivity contribution in [1.82, 2.24) is 5.32 Å². The summed E-state index contributed by atoms with van der Waals surface area (Å²) in [7, 11) is 1.78. The first-order chi connectivity index (χ1) is 8.56. The largest absolute Gasteiger partial charge is 0.478 e. The van der Waals surface area contributed by atoms with Crippen LogP contribution in [0.3, 0.4) is 0 Å². The van der Waals surface area contributed by atoms with Gasteiger partial charge in [-0.15, -0.1) is 0 Å². The van der Waals surface area contributed by atoms with E-state index in [0.717, 1.165) is 0 Å². The van der Waals surface area contributed by atoms with Gasteiger partial charge in [0.2, 0.25) is 0 Å². The van der Waals surface area contributed by atoms with E-state index in [9.17, 15) is 0 Å². The van der Waals surface area contributed by atoms with Gasteiger partial charge in [-0.05, 0) is 24.8 Å². The Morgan fingerprint density at radius 3 is 2.50 bits per heavy atom. The summed E-state index contributed by atoms with van der Waals surface area (Å²) in [5, 5.41) is 11.5. The zero-order valence-corrected chi connectivity index (χ0v) is 10.7. The number of hydrogen-bond acceptors (Lipinski definition) is 3. The van der Waals surface area contributed by atoms with Crippen LogP contribution in [0.5, 0.6) is 0 Å². The third-order valence-electron chi connectivity index (χ3n) is 1.96. The van der Waals surface area contributed by atoms with E-state index < -0.39 is 0 Å². The number of allylic oxidation sites excluding steroid dienone is 6. The molecule has 0 saturated carbocycles. The molecule has 0 aromatic rings. The van der Waals surface area contributed by atoms with Crippen molar-refractivity contribution in [3.8, 4) is 6.07 Å². The van der Waals surface area contributed by atoms with Crippen LogP contribution in [0.25, 0.3) is 0 Å². The summed E-state index contributed by atoms with van der Waals surface area (Å²) in [5.74, 6) is 0.580. The minimum Gasteiger partial charge on any atom is -0.478 e. The van der Waals surface area contributed by atoms with Crippen LogP contribution < -0.4 is 5.32 Å². The molecule has 0 spiro atoms. The molecule has 0 heterocycles. The molecule has 0 aromatic heterocycles. The number of rotatable bonds is 8. The van der Waals surface area contributed by atoms with Crippen molar-refractivity contribution in [2.24, 2.45) is 0 Å². The van der Waals surface area contributed by atoms with Crippen LogP contribution in [-0.2, 0) is 4.74 Å². The normalized spacial score (nSPS) is 10.8. The molecule has 18 heavy (non-hydrogen) atoms. The van der Waals surface area contributed by atoms with Gasteiger partial charge in [-0.25, -0.2) is 0 Å². The Hall–Kier alpha value is -2.31. The second kappa shape index (κ2) is 8.80. The summed E-state index contributed by atoms with van der Waals surface area (Å²) in [5.41, 5.74) is 1.64. The summed E-state index contributed by atoms with van der Waals surface area (Å²) in [6.07, 6.45) is 6.57. The lowest BCUT2D eigenvalue weighted by Gasteiger charge is -2.12. The lowest BCUT2D eigenvalue weighted by atomic mass is 10.1. The molecule has 0 unspecified atom stereocenters. The molecule has 94 valence electrons. The summed E-state index contributed by atoms with van der Waals surface area (Å²) in [6.45, 7) is 15.3. The summed E-state index contributed by atoms with van der Waals surface area (Å²) >= 11 is 0. The van der Waals surface area contributed by atoms with Gasteiger partial charge in [-0.1, -0.05) is 38.5 Å².